The van der Waals surface area contributed by atoms with Crippen molar-refractivity contribution in [2.75, 3.05) is 5.32 Å². The van der Waals surface area contributed by atoms with Crippen molar-refractivity contribution in [2.24, 2.45) is 0 Å². The molecule has 0 unspecified atom stereocenters. The second-order valence-electron chi connectivity index (χ2n) is 27.1. The minimum atomic E-state index is 0.0272. The fourth-order valence-electron chi connectivity index (χ4n) is 12.6. The van der Waals surface area contributed by atoms with Crippen LogP contribution in [-0.4, -0.2) is 11.8 Å². The van der Waals surface area contributed by atoms with Gasteiger partial charge in [-0.15, -0.1) is 34.0 Å². The maximum atomic E-state index is 4.04. The van der Waals surface area contributed by atoms with Gasteiger partial charge >= 0.3 is 0 Å². The average Bonchev–Trinajstić information content (AvgIpc) is 2.42. The third kappa shape index (κ3) is 9.05. The molecule has 400 valence electrons. The van der Waals surface area contributed by atoms with E-state index in [4.69, 9.17) is 0 Å². The molecule has 14 rings (SSSR count). The van der Waals surface area contributed by atoms with Gasteiger partial charge in [-0.2, -0.15) is 0 Å². The lowest BCUT2D eigenvalue weighted by Gasteiger charge is -2.23. The van der Waals surface area contributed by atoms with E-state index in [0.29, 0.717) is 0 Å². The molecule has 13 aromatic rings. The van der Waals surface area contributed by atoms with Crippen LogP contribution in [-0.2, 0) is 28.1 Å². The van der Waals surface area contributed by atoms with Gasteiger partial charge in [0.2, 0.25) is 7.28 Å². The average molecular weight is 1110 g/mol. The minimum absolute atomic E-state index is 0.0272. The van der Waals surface area contributed by atoms with E-state index in [2.05, 4.69) is 269 Å². The summed E-state index contributed by atoms with van der Waals surface area (Å²) in [4.78, 5) is 0. The van der Waals surface area contributed by atoms with Crippen molar-refractivity contribution >= 4 is 147 Å². The maximum Gasteiger partial charge on any atom is 0.211 e. The van der Waals surface area contributed by atoms with E-state index in [1.54, 1.807) is 0 Å². The first-order valence-electron chi connectivity index (χ1n) is 28.9. The van der Waals surface area contributed by atoms with Crippen LogP contribution in [0.1, 0.15) is 122 Å². The van der Waals surface area contributed by atoms with Crippen LogP contribution >= 0.6 is 34.0 Å². The smallest absolute Gasteiger partial charge is 0.211 e. The van der Waals surface area contributed by atoms with Gasteiger partial charge in [-0.3, -0.25) is 0 Å². The third-order valence-electron chi connectivity index (χ3n) is 17.3. The molecule has 1 aliphatic rings. The second kappa shape index (κ2) is 18.7. The molecule has 4 aromatic heterocycles. The molecule has 0 atom stereocenters. The number of fused-ring (bicyclic) bond motifs is 13. The summed E-state index contributed by atoms with van der Waals surface area (Å²) in [7, 11) is 0.862. The Balaban J connectivity index is 0.954. The Morgan fingerprint density at radius 3 is 1.74 bits per heavy atom. The highest BCUT2D eigenvalue weighted by molar-refractivity contribution is 7.29. The molecule has 0 amide bonds. The number of hydrogen-bond acceptors (Lipinski definition) is 4. The molecule has 5 heterocycles. The molecule has 2 nitrogen and oxygen atoms in total. The van der Waals surface area contributed by atoms with E-state index in [1.807, 2.05) is 34.0 Å². The van der Waals surface area contributed by atoms with Gasteiger partial charge in [-0.05, 0) is 149 Å². The van der Waals surface area contributed by atoms with Crippen LogP contribution in [0.4, 0.5) is 11.4 Å². The van der Waals surface area contributed by atoms with Crippen LogP contribution in [0, 0.1) is 0 Å². The number of anilines is 2. The van der Waals surface area contributed by atoms with Gasteiger partial charge in [0.1, 0.15) is 0 Å². The van der Waals surface area contributed by atoms with Gasteiger partial charge in [0, 0.05) is 83.7 Å². The largest absolute Gasteiger partial charge is 0.355 e. The van der Waals surface area contributed by atoms with E-state index < -0.39 is 0 Å². The van der Waals surface area contributed by atoms with Crippen LogP contribution in [0.3, 0.4) is 0 Å². The molecule has 0 bridgehead atoms. The normalized spacial score (nSPS) is 13.4. The number of rotatable bonds is 7. The number of aromatic nitrogens is 1. The molecular formula is C75H69BN2S3. The second-order valence-corrected chi connectivity index (χ2v) is 30.4. The Morgan fingerprint density at radius 2 is 1.04 bits per heavy atom. The lowest BCUT2D eigenvalue weighted by atomic mass is 9.63. The van der Waals surface area contributed by atoms with Gasteiger partial charge in [-0.25, -0.2) is 0 Å². The fourth-order valence-corrected chi connectivity index (χ4v) is 16.1. The molecule has 1 N–H and O–H groups in total. The zero-order valence-corrected chi connectivity index (χ0v) is 51.3. The molecule has 6 heteroatoms. The quantitative estimate of drug-likeness (QED) is 0.124. The lowest BCUT2D eigenvalue weighted by molar-refractivity contribution is 0.590. The summed E-state index contributed by atoms with van der Waals surface area (Å²) in [5.74, 6) is 0. The summed E-state index contributed by atoms with van der Waals surface area (Å²) in [6.45, 7) is 27.6. The van der Waals surface area contributed by atoms with Crippen LogP contribution in [0.25, 0.3) is 101 Å². The number of benzene rings is 9. The molecule has 1 aliphatic heterocycles. The summed E-state index contributed by atoms with van der Waals surface area (Å²) in [6.07, 6.45) is 3.23. The van der Waals surface area contributed by atoms with Crippen molar-refractivity contribution in [1.29, 1.82) is 0 Å². The first kappa shape index (κ1) is 51.9. The molecule has 9 aromatic carbocycles. The lowest BCUT2D eigenvalue weighted by Crippen LogP contribution is -2.35. The van der Waals surface area contributed by atoms with Crippen molar-refractivity contribution in [2.45, 2.75) is 111 Å². The number of nitrogens with zero attached hydrogens (tertiary/aromatic N) is 1. The van der Waals surface area contributed by atoms with Gasteiger partial charge in [0.05, 0.1) is 11.2 Å². The zero-order chi connectivity index (χ0) is 56.1. The highest BCUT2D eigenvalue weighted by atomic mass is 32.1. The Morgan fingerprint density at radius 1 is 0.457 bits per heavy atom. The van der Waals surface area contributed by atoms with Crippen LogP contribution in [0.2, 0.25) is 0 Å². The first-order chi connectivity index (χ1) is 38.6. The van der Waals surface area contributed by atoms with Crippen molar-refractivity contribution in [3.05, 3.63) is 209 Å². The number of allylic oxidation sites excluding steroid dienone is 1. The Kier molecular flexibility index (Phi) is 12.0. The highest BCUT2D eigenvalue weighted by Gasteiger charge is 2.31. The van der Waals surface area contributed by atoms with Crippen molar-refractivity contribution in [3.8, 4) is 16.8 Å². The summed E-state index contributed by atoms with van der Waals surface area (Å²) in [5.41, 5.74) is 20.9. The van der Waals surface area contributed by atoms with Gasteiger partial charge in [0.25, 0.3) is 0 Å². The van der Waals surface area contributed by atoms with E-state index in [9.17, 15) is 0 Å². The third-order valence-corrected chi connectivity index (χ3v) is 20.7. The van der Waals surface area contributed by atoms with E-state index in [0.717, 1.165) is 25.1 Å². The fraction of sp³-hybridized carbons (Fsp3) is 0.227. The van der Waals surface area contributed by atoms with Crippen molar-refractivity contribution in [1.82, 2.24) is 4.57 Å². The standard InChI is InChI=1S/C75H69BN2S3/c1-72(2,3)47-22-17-43(18-23-47)35-46(45-20-24-48(25-21-45)73(4,5)6)36-44-19-31-53-58-39-56(61(42-67(58)80-65(53)37-44)77-51-29-26-49(27-30-51)74(7,8)9)54-32-33-55-57-41-66-59(52-15-13-14-16-63(52)79-66)40-62(57)78-69(55)68(54)76-71-70(78)60-38-50(75(10,11)12)28-34-64(60)81-71/h13-35,37-42,76-77H,36H2,1-12H3/b46-35-. The Labute approximate surface area is 490 Å². The molecule has 0 spiro atoms. The predicted octanol–water partition coefficient (Wildman–Crippen LogP) is 20.8. The number of thiophene rings is 3. The Bertz CT molecular complexity index is 4720. The van der Waals surface area contributed by atoms with Crippen molar-refractivity contribution in [3.63, 3.8) is 0 Å². The summed E-state index contributed by atoms with van der Waals surface area (Å²) >= 11 is 5.80. The zero-order valence-electron chi connectivity index (χ0n) is 48.8. The summed E-state index contributed by atoms with van der Waals surface area (Å²) < 4.78 is 10.7. The van der Waals surface area contributed by atoms with Gasteiger partial charge in [-0.1, -0.05) is 198 Å². The van der Waals surface area contributed by atoms with Crippen molar-refractivity contribution < 1.29 is 0 Å². The molecule has 0 fully saturated rings. The predicted molar refractivity (Wildman–Crippen MR) is 363 cm³/mol. The monoisotopic (exact) mass is 1100 g/mol. The topological polar surface area (TPSA) is 17.0 Å². The molecule has 0 saturated heterocycles. The van der Waals surface area contributed by atoms with Gasteiger partial charge in [0.15, 0.2) is 0 Å². The van der Waals surface area contributed by atoms with Crippen LogP contribution in [0.5, 0.6) is 0 Å². The molecular weight excluding hydrogens is 1040 g/mol. The molecule has 0 aliphatic carbocycles. The maximum absolute atomic E-state index is 4.04. The SMILES string of the molecule is CC(C)(C)c1ccc(/C=C(/Cc2ccc3c(c2)sc2cc(Nc4ccc(C(C)(C)C)cc4)c(-c4ccc5c6cc7sc8ccccc8c7cc6n6c5c4Bc4sc5ccc(C(C)(C)C)cc5c4-6)cc23)c2ccc(C(C)(C)C)cc2)cc1. The number of nitrogens with one attached hydrogen (secondary N) is 1. The first-order valence-corrected chi connectivity index (χ1v) is 31.3. The van der Waals surface area contributed by atoms with Gasteiger partial charge < -0.3 is 9.88 Å². The van der Waals surface area contributed by atoms with Crippen LogP contribution in [0.15, 0.2) is 170 Å². The van der Waals surface area contributed by atoms with E-state index in [1.165, 1.54) is 144 Å². The number of hydrogen-bond donors (Lipinski definition) is 1. The van der Waals surface area contributed by atoms with E-state index >= 15 is 0 Å². The molecule has 0 saturated carbocycles. The summed E-state index contributed by atoms with van der Waals surface area (Å²) in [6, 6.07) is 65.9. The Hall–Kier alpha value is -7.22. The molecule has 0 radical (unpaired) electrons. The molecule has 81 heavy (non-hydrogen) atoms. The minimum Gasteiger partial charge on any atom is -0.355 e. The van der Waals surface area contributed by atoms with Crippen LogP contribution < -0.4 is 15.6 Å². The highest BCUT2D eigenvalue weighted by Crippen LogP contribution is 2.47. The van der Waals surface area contributed by atoms with E-state index in [-0.39, 0.29) is 21.7 Å². The summed E-state index contributed by atoms with van der Waals surface area (Å²) in [5, 5.41) is 13.3.